The maximum atomic E-state index is 13.3. The van der Waals surface area contributed by atoms with Gasteiger partial charge >= 0.3 is 5.97 Å². The Labute approximate surface area is 170 Å². The first kappa shape index (κ1) is 20.6. The van der Waals surface area contributed by atoms with Gasteiger partial charge in [-0.25, -0.2) is 4.79 Å². The number of aryl methyl sites for hydroxylation is 2. The van der Waals surface area contributed by atoms with Gasteiger partial charge in [0.15, 0.2) is 0 Å². The lowest BCUT2D eigenvalue weighted by Gasteiger charge is -2.31. The van der Waals surface area contributed by atoms with Crippen molar-refractivity contribution < 1.29 is 24.2 Å². The fourth-order valence-electron chi connectivity index (χ4n) is 3.84. The minimum Gasteiger partial charge on any atom is -0.478 e. The van der Waals surface area contributed by atoms with Crippen LogP contribution >= 0.6 is 0 Å². The number of hydrogen-bond acceptors (Lipinski definition) is 4. The summed E-state index contributed by atoms with van der Waals surface area (Å²) in [6, 6.07) is 10.7. The van der Waals surface area contributed by atoms with E-state index in [2.05, 4.69) is 6.07 Å². The molecule has 1 N–H and O–H groups in total. The van der Waals surface area contributed by atoms with Crippen molar-refractivity contribution in [2.45, 2.75) is 39.2 Å². The molecule has 0 bridgehead atoms. The molecule has 29 heavy (non-hydrogen) atoms. The molecule has 0 radical (unpaired) electrons. The van der Waals surface area contributed by atoms with E-state index < -0.39 is 5.97 Å². The summed E-state index contributed by atoms with van der Waals surface area (Å²) in [5, 5.41) is 9.08. The van der Waals surface area contributed by atoms with Gasteiger partial charge in [0.05, 0.1) is 5.56 Å². The quantitative estimate of drug-likeness (QED) is 0.758. The summed E-state index contributed by atoms with van der Waals surface area (Å²) in [6.07, 6.45) is 1.71. The van der Waals surface area contributed by atoms with Crippen LogP contribution in [0, 0.1) is 13.8 Å². The van der Waals surface area contributed by atoms with Crippen LogP contribution in [0.4, 0.5) is 0 Å². The molecule has 1 saturated heterocycles. The topological polar surface area (TPSA) is 83.9 Å². The normalized spacial score (nSPS) is 14.5. The number of carbonyl (C=O) groups excluding carboxylic acids is 2. The maximum absolute atomic E-state index is 13.3. The third kappa shape index (κ3) is 4.83. The summed E-state index contributed by atoms with van der Waals surface area (Å²) in [7, 11) is 0. The Morgan fingerprint density at radius 2 is 1.79 bits per heavy atom. The SMILES string of the molecule is Cc1cc(C)c(Cc2ccc(C(=O)O)cc2)c(C(=O)N2CCC(OC=O)CC2)c1. The molecule has 2 aromatic carbocycles. The second-order valence-electron chi connectivity index (χ2n) is 7.51. The molecule has 6 heteroatoms. The predicted octanol–water partition coefficient (Wildman–Crippen LogP) is 3.37. The number of nitrogens with zero attached hydrogens (tertiary/aromatic N) is 1. The Kier molecular flexibility index (Phi) is 6.32. The maximum Gasteiger partial charge on any atom is 0.335 e. The van der Waals surface area contributed by atoms with Gasteiger partial charge in [0.2, 0.25) is 0 Å². The number of piperidine rings is 1. The average Bonchev–Trinajstić information content (AvgIpc) is 2.70. The van der Waals surface area contributed by atoms with E-state index in [0.29, 0.717) is 44.4 Å². The number of amides is 1. The van der Waals surface area contributed by atoms with Crippen LogP contribution in [0.15, 0.2) is 36.4 Å². The van der Waals surface area contributed by atoms with Crippen molar-refractivity contribution in [3.05, 3.63) is 69.8 Å². The third-order valence-corrected chi connectivity index (χ3v) is 5.41. The van der Waals surface area contributed by atoms with Gasteiger partial charge in [0, 0.05) is 31.5 Å². The van der Waals surface area contributed by atoms with Crippen LogP contribution in [0.1, 0.15) is 55.8 Å². The van der Waals surface area contributed by atoms with Crippen molar-refractivity contribution in [1.29, 1.82) is 0 Å². The van der Waals surface area contributed by atoms with E-state index in [0.717, 1.165) is 22.3 Å². The second-order valence-corrected chi connectivity index (χ2v) is 7.51. The van der Waals surface area contributed by atoms with Crippen LogP contribution in [0.5, 0.6) is 0 Å². The van der Waals surface area contributed by atoms with Crippen LogP contribution in [-0.4, -0.2) is 47.5 Å². The van der Waals surface area contributed by atoms with E-state index >= 15 is 0 Å². The molecule has 0 spiro atoms. The minimum absolute atomic E-state index is 0.0153. The molecule has 1 aliphatic heterocycles. The number of carboxylic acid groups (broad SMARTS) is 1. The van der Waals surface area contributed by atoms with Crippen LogP contribution in [0.25, 0.3) is 0 Å². The lowest BCUT2D eigenvalue weighted by molar-refractivity contribution is -0.135. The summed E-state index contributed by atoms with van der Waals surface area (Å²) in [5.74, 6) is -0.973. The zero-order chi connectivity index (χ0) is 21.0. The number of carbonyl (C=O) groups is 3. The molecule has 1 amide bonds. The minimum atomic E-state index is -0.958. The number of aromatic carboxylic acids is 1. The molecule has 0 unspecified atom stereocenters. The number of likely N-dealkylation sites (tertiary alicyclic amines) is 1. The molecule has 2 aromatic rings. The number of ether oxygens (including phenoxy) is 1. The summed E-state index contributed by atoms with van der Waals surface area (Å²) >= 11 is 0. The standard InChI is InChI=1S/C23H25NO5/c1-15-11-16(2)20(13-17-3-5-18(6-4-17)23(27)28)21(12-15)22(26)24-9-7-19(8-10-24)29-14-25/h3-6,11-12,14,19H,7-10,13H2,1-2H3,(H,27,28). The Morgan fingerprint density at radius 3 is 2.38 bits per heavy atom. The molecule has 0 saturated carbocycles. The van der Waals surface area contributed by atoms with Crippen molar-refractivity contribution in [2.75, 3.05) is 13.1 Å². The molecule has 6 nitrogen and oxygen atoms in total. The van der Waals surface area contributed by atoms with Gasteiger partial charge in [-0.05, 0) is 55.2 Å². The summed E-state index contributed by atoms with van der Waals surface area (Å²) in [6.45, 7) is 5.54. The number of rotatable bonds is 6. The molecule has 3 rings (SSSR count). The first-order chi connectivity index (χ1) is 13.9. The molecule has 1 fully saturated rings. The van der Waals surface area contributed by atoms with Crippen LogP contribution in [-0.2, 0) is 16.0 Å². The largest absolute Gasteiger partial charge is 0.478 e. The fourth-order valence-corrected chi connectivity index (χ4v) is 3.84. The van der Waals surface area contributed by atoms with Gasteiger partial charge in [0.25, 0.3) is 12.4 Å². The molecule has 0 atom stereocenters. The highest BCUT2D eigenvalue weighted by Gasteiger charge is 2.26. The van der Waals surface area contributed by atoms with Crippen molar-refractivity contribution in [2.24, 2.45) is 0 Å². The molecule has 152 valence electrons. The van der Waals surface area contributed by atoms with Gasteiger partial charge < -0.3 is 14.7 Å². The molecule has 0 aliphatic carbocycles. The van der Waals surface area contributed by atoms with E-state index in [1.165, 1.54) is 0 Å². The number of hydrogen-bond donors (Lipinski definition) is 1. The van der Waals surface area contributed by atoms with Gasteiger partial charge in [-0.1, -0.05) is 23.8 Å². The van der Waals surface area contributed by atoms with Crippen molar-refractivity contribution in [3.63, 3.8) is 0 Å². The predicted molar refractivity (Wildman–Crippen MR) is 108 cm³/mol. The number of carboxylic acids is 1. The van der Waals surface area contributed by atoms with E-state index in [4.69, 9.17) is 9.84 Å². The van der Waals surface area contributed by atoms with Crippen LogP contribution in [0.2, 0.25) is 0 Å². The molecular formula is C23H25NO5. The Balaban J connectivity index is 1.84. The van der Waals surface area contributed by atoms with Crippen molar-refractivity contribution in [1.82, 2.24) is 4.90 Å². The molecule has 1 aliphatic rings. The first-order valence-corrected chi connectivity index (χ1v) is 9.69. The van der Waals surface area contributed by atoms with Gasteiger partial charge in [-0.3, -0.25) is 9.59 Å². The van der Waals surface area contributed by atoms with Crippen molar-refractivity contribution >= 4 is 18.3 Å². The summed E-state index contributed by atoms with van der Waals surface area (Å²) in [4.78, 5) is 36.7. The van der Waals surface area contributed by atoms with Crippen LogP contribution in [0.3, 0.4) is 0 Å². The molecular weight excluding hydrogens is 370 g/mol. The van der Waals surface area contributed by atoms with Crippen LogP contribution < -0.4 is 0 Å². The number of benzene rings is 2. The van der Waals surface area contributed by atoms with Gasteiger partial charge in [-0.15, -0.1) is 0 Å². The molecule has 0 aromatic heterocycles. The van der Waals surface area contributed by atoms with Gasteiger partial charge in [-0.2, -0.15) is 0 Å². The first-order valence-electron chi connectivity index (χ1n) is 9.69. The highest BCUT2D eigenvalue weighted by atomic mass is 16.5. The van der Waals surface area contributed by atoms with E-state index in [1.54, 1.807) is 24.3 Å². The van der Waals surface area contributed by atoms with Gasteiger partial charge in [0.1, 0.15) is 6.10 Å². The zero-order valence-electron chi connectivity index (χ0n) is 16.7. The molecule has 1 heterocycles. The highest BCUT2D eigenvalue weighted by Crippen LogP contribution is 2.24. The second kappa shape index (κ2) is 8.90. The summed E-state index contributed by atoms with van der Waals surface area (Å²) < 4.78 is 5.02. The van der Waals surface area contributed by atoms with Crippen molar-refractivity contribution in [3.8, 4) is 0 Å². The average molecular weight is 395 g/mol. The lowest BCUT2D eigenvalue weighted by atomic mass is 9.92. The zero-order valence-corrected chi connectivity index (χ0v) is 16.7. The smallest absolute Gasteiger partial charge is 0.335 e. The fraction of sp³-hybridized carbons (Fsp3) is 0.348. The monoisotopic (exact) mass is 395 g/mol. The Hall–Kier alpha value is -3.15. The third-order valence-electron chi connectivity index (χ3n) is 5.41. The Bertz CT molecular complexity index is 912. The lowest BCUT2D eigenvalue weighted by Crippen LogP contribution is -2.41. The Morgan fingerprint density at radius 1 is 1.14 bits per heavy atom. The summed E-state index contributed by atoms with van der Waals surface area (Å²) in [5.41, 5.74) is 4.89. The van der Waals surface area contributed by atoms with E-state index in [9.17, 15) is 14.4 Å². The van der Waals surface area contributed by atoms with E-state index in [1.807, 2.05) is 24.8 Å². The highest BCUT2D eigenvalue weighted by molar-refractivity contribution is 5.96. The van der Waals surface area contributed by atoms with E-state index in [-0.39, 0.29) is 17.6 Å².